The van der Waals surface area contributed by atoms with E-state index >= 15 is 0 Å². The van der Waals surface area contributed by atoms with E-state index in [2.05, 4.69) is 0 Å². The lowest BCUT2D eigenvalue weighted by molar-refractivity contribution is -0.125. The van der Waals surface area contributed by atoms with Crippen LogP contribution in [0, 0.1) is 0 Å². The van der Waals surface area contributed by atoms with Crippen LogP contribution in [0.25, 0.3) is 0 Å². The number of aliphatic hydroxyl groups excluding tert-OH is 1. The maximum Gasteiger partial charge on any atom is 0.288 e. The minimum Gasteiger partial charge on any atom is -0.390 e. The van der Waals surface area contributed by atoms with Gasteiger partial charge in [0.15, 0.2) is 0 Å². The Morgan fingerprint density at radius 1 is 1.67 bits per heavy atom. The topological polar surface area (TPSA) is 57.6 Å². The highest BCUT2D eigenvalue weighted by Crippen LogP contribution is 2.18. The van der Waals surface area contributed by atoms with Crippen LogP contribution in [0.2, 0.25) is 0 Å². The van der Waals surface area contributed by atoms with E-state index < -0.39 is 6.10 Å². The number of β-amino-alcohol motifs (C(OH)–C–C–N with tert-alkyl or cyclic N) is 1. The summed E-state index contributed by atoms with van der Waals surface area (Å²) in [5.41, 5.74) is 0. The molecule has 1 aliphatic heterocycles. The van der Waals surface area contributed by atoms with Crippen LogP contribution >= 0.6 is 23.4 Å². The van der Waals surface area contributed by atoms with Crippen molar-refractivity contribution in [3.63, 3.8) is 0 Å². The molecule has 4 nitrogen and oxygen atoms in total. The molecule has 1 heterocycles. The van der Waals surface area contributed by atoms with Crippen LogP contribution in [-0.4, -0.2) is 45.4 Å². The lowest BCUT2D eigenvalue weighted by atomic mass is 10.4. The van der Waals surface area contributed by atoms with E-state index in [4.69, 9.17) is 16.7 Å². The van der Waals surface area contributed by atoms with E-state index in [1.807, 2.05) is 0 Å². The molecule has 0 bridgehead atoms. The lowest BCUT2D eigenvalue weighted by Gasteiger charge is -2.15. The molecule has 0 radical (unpaired) electrons. The fourth-order valence-electron chi connectivity index (χ4n) is 0.817. The summed E-state index contributed by atoms with van der Waals surface area (Å²) in [6.07, 6.45) is -0.821. The van der Waals surface area contributed by atoms with Crippen molar-refractivity contribution >= 4 is 34.5 Å². The molecule has 0 aromatic heterocycles. The van der Waals surface area contributed by atoms with Gasteiger partial charge in [0.05, 0.1) is 24.3 Å². The summed E-state index contributed by atoms with van der Waals surface area (Å²) < 4.78 is 0. The van der Waals surface area contributed by atoms with Crippen molar-refractivity contribution in [2.24, 2.45) is 0 Å². The first-order valence-corrected chi connectivity index (χ1v) is 4.88. The summed E-state index contributed by atoms with van der Waals surface area (Å²) in [6.45, 7) is 0.00810. The fourth-order valence-corrected chi connectivity index (χ4v) is 1.65. The third-order valence-corrected chi connectivity index (χ3v) is 2.63. The van der Waals surface area contributed by atoms with Gasteiger partial charge in [-0.25, -0.2) is 0 Å². The van der Waals surface area contributed by atoms with Crippen LogP contribution in [0.15, 0.2) is 0 Å². The predicted octanol–water partition coefficient (Wildman–Crippen LogP) is 0.282. The molecule has 1 saturated heterocycles. The zero-order valence-corrected chi connectivity index (χ0v) is 7.77. The van der Waals surface area contributed by atoms with E-state index in [1.54, 1.807) is 0 Å². The zero-order chi connectivity index (χ0) is 9.14. The van der Waals surface area contributed by atoms with Crippen LogP contribution in [0.1, 0.15) is 0 Å². The maximum atomic E-state index is 11.0. The third-order valence-electron chi connectivity index (χ3n) is 1.41. The van der Waals surface area contributed by atoms with Gasteiger partial charge in [0.1, 0.15) is 0 Å². The van der Waals surface area contributed by atoms with Crippen molar-refractivity contribution in [1.29, 1.82) is 0 Å². The Morgan fingerprint density at radius 3 is 2.75 bits per heavy atom. The molecule has 1 aliphatic rings. The Morgan fingerprint density at radius 2 is 2.33 bits per heavy atom. The second-order valence-electron chi connectivity index (χ2n) is 2.37. The smallest absolute Gasteiger partial charge is 0.288 e. The minimum atomic E-state index is -0.821. The number of thioether (sulfide) groups is 1. The molecule has 1 unspecified atom stereocenters. The standard InChI is InChI=1S/C6H8ClNO3S/c7-1-4(9)2-8-5(10)3-12-6(8)11/h4,9H,1-3H2. The first-order valence-electron chi connectivity index (χ1n) is 3.36. The monoisotopic (exact) mass is 209 g/mol. The van der Waals surface area contributed by atoms with Gasteiger partial charge < -0.3 is 5.11 Å². The van der Waals surface area contributed by atoms with Crippen molar-refractivity contribution in [2.75, 3.05) is 18.2 Å². The average molecular weight is 210 g/mol. The Bertz CT molecular complexity index is 195. The molecule has 0 saturated carbocycles. The number of halogens is 1. The van der Waals surface area contributed by atoms with E-state index in [0.717, 1.165) is 16.7 Å². The van der Waals surface area contributed by atoms with Crippen molar-refractivity contribution in [3.05, 3.63) is 0 Å². The number of rotatable bonds is 3. The van der Waals surface area contributed by atoms with E-state index in [-0.39, 0.29) is 29.3 Å². The van der Waals surface area contributed by atoms with Gasteiger partial charge in [0.25, 0.3) is 5.24 Å². The Balaban J connectivity index is 2.50. The van der Waals surface area contributed by atoms with Crippen molar-refractivity contribution in [1.82, 2.24) is 4.90 Å². The number of carbonyl (C=O) groups is 2. The summed E-state index contributed by atoms with van der Waals surface area (Å²) in [5, 5.41) is 8.76. The van der Waals surface area contributed by atoms with Gasteiger partial charge in [0, 0.05) is 0 Å². The highest BCUT2D eigenvalue weighted by Gasteiger charge is 2.30. The normalized spacial score (nSPS) is 20.3. The Kier molecular flexibility index (Phi) is 3.37. The van der Waals surface area contributed by atoms with Crippen LogP contribution in [0.3, 0.4) is 0 Å². The van der Waals surface area contributed by atoms with E-state index in [1.165, 1.54) is 0 Å². The third kappa shape index (κ3) is 2.12. The van der Waals surface area contributed by atoms with Crippen LogP contribution in [-0.2, 0) is 4.79 Å². The summed E-state index contributed by atoms with van der Waals surface area (Å²) in [4.78, 5) is 22.9. The minimum absolute atomic E-state index is 0.00810. The molecule has 1 fully saturated rings. The molecule has 0 aromatic carbocycles. The number of hydrogen-bond donors (Lipinski definition) is 1. The number of imide groups is 1. The SMILES string of the molecule is O=C1CSC(=O)N1CC(O)CCl. The molecule has 1 rings (SSSR count). The number of alkyl halides is 1. The van der Waals surface area contributed by atoms with Gasteiger partial charge in [-0.05, 0) is 0 Å². The van der Waals surface area contributed by atoms with Gasteiger partial charge in [-0.3, -0.25) is 14.5 Å². The molecule has 68 valence electrons. The van der Waals surface area contributed by atoms with Crippen LogP contribution < -0.4 is 0 Å². The molecule has 12 heavy (non-hydrogen) atoms. The highest BCUT2D eigenvalue weighted by molar-refractivity contribution is 8.14. The van der Waals surface area contributed by atoms with Gasteiger partial charge in [-0.1, -0.05) is 11.8 Å². The largest absolute Gasteiger partial charge is 0.390 e. The zero-order valence-electron chi connectivity index (χ0n) is 6.20. The van der Waals surface area contributed by atoms with Gasteiger partial charge >= 0.3 is 0 Å². The van der Waals surface area contributed by atoms with Crippen LogP contribution in [0.5, 0.6) is 0 Å². The summed E-state index contributed by atoms with van der Waals surface area (Å²) in [7, 11) is 0. The first-order chi connectivity index (χ1) is 5.65. The van der Waals surface area contributed by atoms with Crippen molar-refractivity contribution in [2.45, 2.75) is 6.10 Å². The number of hydrogen-bond acceptors (Lipinski definition) is 4. The first kappa shape index (κ1) is 9.83. The highest BCUT2D eigenvalue weighted by atomic mass is 35.5. The molecular formula is C6H8ClNO3S. The maximum absolute atomic E-state index is 11.0. The molecular weight excluding hydrogens is 202 g/mol. The molecule has 1 N–H and O–H groups in total. The molecule has 6 heteroatoms. The second kappa shape index (κ2) is 4.11. The molecule has 0 aromatic rings. The van der Waals surface area contributed by atoms with Gasteiger partial charge in [-0.15, -0.1) is 11.6 Å². The van der Waals surface area contributed by atoms with E-state index in [9.17, 15) is 9.59 Å². The predicted molar refractivity (Wildman–Crippen MR) is 46.3 cm³/mol. The van der Waals surface area contributed by atoms with Crippen LogP contribution in [0.4, 0.5) is 4.79 Å². The number of carbonyl (C=O) groups excluding carboxylic acids is 2. The lowest BCUT2D eigenvalue weighted by Crippen LogP contribution is -2.36. The molecule has 0 spiro atoms. The fraction of sp³-hybridized carbons (Fsp3) is 0.667. The van der Waals surface area contributed by atoms with E-state index in [0.29, 0.717) is 0 Å². The van der Waals surface area contributed by atoms with Gasteiger partial charge in [-0.2, -0.15) is 0 Å². The average Bonchev–Trinajstić information content (AvgIpc) is 2.35. The summed E-state index contributed by atoms with van der Waals surface area (Å²) in [6, 6.07) is 0. The second-order valence-corrected chi connectivity index (χ2v) is 3.60. The summed E-state index contributed by atoms with van der Waals surface area (Å²) >= 11 is 6.27. The molecule has 0 aliphatic carbocycles. The summed E-state index contributed by atoms with van der Waals surface area (Å²) in [5.74, 6) is -0.0515. The molecule has 2 amide bonds. The number of amides is 2. The quantitative estimate of drug-likeness (QED) is 0.679. The number of aliphatic hydroxyl groups is 1. The number of nitrogens with zero attached hydrogens (tertiary/aromatic N) is 1. The Hall–Kier alpha value is -0.260. The molecule has 1 atom stereocenters. The van der Waals surface area contributed by atoms with Crippen molar-refractivity contribution < 1.29 is 14.7 Å². The van der Waals surface area contributed by atoms with Crippen molar-refractivity contribution in [3.8, 4) is 0 Å². The van der Waals surface area contributed by atoms with Gasteiger partial charge in [0.2, 0.25) is 5.91 Å². The Labute approximate surface area is 78.9 Å².